The lowest BCUT2D eigenvalue weighted by Gasteiger charge is -2.37. The van der Waals surface area contributed by atoms with Crippen molar-refractivity contribution in [3.8, 4) is 0 Å². The molecule has 0 radical (unpaired) electrons. The highest BCUT2D eigenvalue weighted by molar-refractivity contribution is 8.16. The van der Waals surface area contributed by atoms with Crippen molar-refractivity contribution in [1.29, 1.82) is 0 Å². The summed E-state index contributed by atoms with van der Waals surface area (Å²) in [4.78, 5) is 47.0. The van der Waals surface area contributed by atoms with E-state index in [-0.39, 0.29) is 37.4 Å². The fraction of sp³-hybridized carbons (Fsp3) is 0.481. The second-order valence-electron chi connectivity index (χ2n) is 9.18. The van der Waals surface area contributed by atoms with Crippen LogP contribution in [0.15, 0.2) is 51.6 Å². The number of halogens is 1. The summed E-state index contributed by atoms with van der Waals surface area (Å²) in [7, 11) is 1.52. The van der Waals surface area contributed by atoms with Gasteiger partial charge < -0.3 is 24.0 Å². The fourth-order valence-electron chi connectivity index (χ4n) is 4.81. The summed E-state index contributed by atoms with van der Waals surface area (Å²) in [6.07, 6.45) is 1.47. The predicted molar refractivity (Wildman–Crippen MR) is 140 cm³/mol. The van der Waals surface area contributed by atoms with Crippen molar-refractivity contribution < 1.29 is 33.0 Å². The smallest absolute Gasteiger partial charge is 0.338 e. The minimum Gasteiger partial charge on any atom is -0.466 e. The van der Waals surface area contributed by atoms with Crippen molar-refractivity contribution >= 4 is 34.8 Å². The molecule has 3 aliphatic rings. The van der Waals surface area contributed by atoms with E-state index in [2.05, 4.69) is 4.99 Å². The molecular formula is C27H32FN3O6S. The number of nitrogens with zero attached hydrogens (tertiary/aromatic N) is 3. The molecule has 0 N–H and O–H groups in total. The van der Waals surface area contributed by atoms with Gasteiger partial charge in [-0.2, -0.15) is 0 Å². The molecule has 0 bridgehead atoms. The van der Waals surface area contributed by atoms with Crippen LogP contribution in [0.2, 0.25) is 0 Å². The minimum atomic E-state index is -0.652. The molecule has 11 heteroatoms. The van der Waals surface area contributed by atoms with Gasteiger partial charge in [0.15, 0.2) is 5.17 Å². The van der Waals surface area contributed by atoms with Crippen molar-refractivity contribution in [2.75, 3.05) is 40.0 Å². The number of fused-ring (bicyclic) bond motifs is 1. The van der Waals surface area contributed by atoms with E-state index in [1.54, 1.807) is 30.9 Å². The third kappa shape index (κ3) is 6.10. The molecule has 1 amide bonds. The molecule has 1 aromatic rings. The van der Waals surface area contributed by atoms with E-state index in [0.717, 1.165) is 6.42 Å². The van der Waals surface area contributed by atoms with Crippen LogP contribution < -0.4 is 0 Å². The highest BCUT2D eigenvalue weighted by atomic mass is 32.2. The van der Waals surface area contributed by atoms with E-state index < -0.39 is 17.8 Å². The first-order valence-corrected chi connectivity index (χ1v) is 13.5. The molecule has 1 aromatic carbocycles. The first kappa shape index (κ1) is 27.8. The molecular weight excluding hydrogens is 513 g/mol. The Balaban J connectivity index is 1.58. The van der Waals surface area contributed by atoms with Crippen LogP contribution in [0.3, 0.4) is 0 Å². The van der Waals surface area contributed by atoms with Gasteiger partial charge in [0.1, 0.15) is 12.4 Å². The molecule has 1 saturated heterocycles. The Morgan fingerprint density at radius 3 is 2.63 bits per heavy atom. The van der Waals surface area contributed by atoms with Crippen LogP contribution in [-0.2, 0) is 28.6 Å². The number of hydrogen-bond donors (Lipinski definition) is 0. The number of methoxy groups -OCH3 is 1. The van der Waals surface area contributed by atoms with E-state index in [1.807, 2.05) is 10.3 Å². The largest absolute Gasteiger partial charge is 0.466 e. The Morgan fingerprint density at radius 2 is 1.92 bits per heavy atom. The Bertz CT molecular complexity index is 1170. The van der Waals surface area contributed by atoms with E-state index >= 15 is 0 Å². The van der Waals surface area contributed by atoms with E-state index in [4.69, 9.17) is 14.2 Å². The number of amidine groups is 1. The number of benzene rings is 1. The lowest BCUT2D eigenvalue weighted by Crippen LogP contribution is -2.44. The molecule has 3 heterocycles. The Labute approximate surface area is 225 Å². The summed E-state index contributed by atoms with van der Waals surface area (Å²) in [5.41, 5.74) is 2.14. The first-order valence-electron chi connectivity index (χ1n) is 12.6. The van der Waals surface area contributed by atoms with Gasteiger partial charge in [0.2, 0.25) is 5.91 Å². The molecule has 9 nitrogen and oxygen atoms in total. The minimum absolute atomic E-state index is 0.0598. The quantitative estimate of drug-likeness (QED) is 0.342. The lowest BCUT2D eigenvalue weighted by atomic mass is 9.93. The number of carbonyl (C=O) groups excluding carboxylic acids is 3. The number of ether oxygens (including phenoxy) is 3. The van der Waals surface area contributed by atoms with Crippen LogP contribution in [-0.4, -0.2) is 72.8 Å². The number of thioether (sulfide) groups is 1. The van der Waals surface area contributed by atoms with Gasteiger partial charge in [-0.3, -0.25) is 9.59 Å². The SMILES string of the molecule is CCOC(=O)C1CCCN(C(=O)CC2=CSC3=NC(C)=C(C(=O)OCCOC)C(c4ccc(F)cc4)N23)C1. The molecule has 0 aliphatic carbocycles. The van der Waals surface area contributed by atoms with Gasteiger partial charge in [-0.25, -0.2) is 14.2 Å². The normalized spacial score (nSPS) is 21.1. The van der Waals surface area contributed by atoms with E-state index in [0.29, 0.717) is 53.8 Å². The standard InChI is InChI=1S/C27H32FN3O6S/c1-4-36-25(33)19-6-5-11-30(15-19)22(32)14-21-16-38-27-29-17(2)23(26(34)37-13-12-35-3)24(31(21)27)18-7-9-20(28)10-8-18/h7-10,16,19,24H,4-6,11-15H2,1-3H3. The van der Waals surface area contributed by atoms with Crippen LogP contribution in [0.25, 0.3) is 0 Å². The molecule has 4 rings (SSSR count). The number of piperidine rings is 1. The fourth-order valence-corrected chi connectivity index (χ4v) is 5.77. The van der Waals surface area contributed by atoms with Gasteiger partial charge in [0, 0.05) is 25.9 Å². The monoisotopic (exact) mass is 545 g/mol. The van der Waals surface area contributed by atoms with Crippen LogP contribution in [0.4, 0.5) is 4.39 Å². The first-order chi connectivity index (χ1) is 18.3. The summed E-state index contributed by atoms with van der Waals surface area (Å²) in [6, 6.07) is 5.27. The van der Waals surface area contributed by atoms with Gasteiger partial charge in [-0.15, -0.1) is 0 Å². The molecule has 3 aliphatic heterocycles. The number of aliphatic imine (C=N–C) groups is 1. The maximum absolute atomic E-state index is 13.8. The van der Waals surface area contributed by atoms with Crippen molar-refractivity contribution in [3.05, 3.63) is 58.0 Å². The second-order valence-corrected chi connectivity index (χ2v) is 10.0. The van der Waals surface area contributed by atoms with Gasteiger partial charge in [-0.1, -0.05) is 23.9 Å². The lowest BCUT2D eigenvalue weighted by molar-refractivity contribution is -0.151. The van der Waals surface area contributed by atoms with Crippen LogP contribution in [0, 0.1) is 11.7 Å². The van der Waals surface area contributed by atoms with Gasteiger partial charge >= 0.3 is 11.9 Å². The zero-order chi connectivity index (χ0) is 27.2. The predicted octanol–water partition coefficient (Wildman–Crippen LogP) is 3.78. The number of amides is 1. The Hall–Kier alpha value is -3.18. The average Bonchev–Trinajstić information content (AvgIpc) is 3.30. The summed E-state index contributed by atoms with van der Waals surface area (Å²) >= 11 is 1.36. The molecule has 38 heavy (non-hydrogen) atoms. The molecule has 204 valence electrons. The number of rotatable bonds is 9. The zero-order valence-corrected chi connectivity index (χ0v) is 22.6. The summed E-state index contributed by atoms with van der Waals surface area (Å²) in [5.74, 6) is -1.68. The van der Waals surface area contributed by atoms with Gasteiger partial charge in [-0.05, 0) is 49.8 Å². The third-order valence-corrected chi connectivity index (χ3v) is 7.54. The van der Waals surface area contributed by atoms with Crippen molar-refractivity contribution in [3.63, 3.8) is 0 Å². The highest BCUT2D eigenvalue weighted by Crippen LogP contribution is 2.45. The Morgan fingerprint density at radius 1 is 1.16 bits per heavy atom. The van der Waals surface area contributed by atoms with E-state index in [9.17, 15) is 18.8 Å². The van der Waals surface area contributed by atoms with Crippen molar-refractivity contribution in [2.24, 2.45) is 10.9 Å². The zero-order valence-electron chi connectivity index (χ0n) is 21.8. The van der Waals surface area contributed by atoms with Crippen LogP contribution in [0.1, 0.15) is 44.7 Å². The maximum Gasteiger partial charge on any atom is 0.338 e. The van der Waals surface area contributed by atoms with E-state index in [1.165, 1.54) is 31.0 Å². The number of likely N-dealkylation sites (tertiary alicyclic amines) is 1. The number of hydrogen-bond acceptors (Lipinski definition) is 9. The molecule has 2 atom stereocenters. The molecule has 0 spiro atoms. The molecule has 0 saturated carbocycles. The molecule has 1 fully saturated rings. The van der Waals surface area contributed by atoms with Crippen LogP contribution >= 0.6 is 11.8 Å². The maximum atomic E-state index is 13.8. The topological polar surface area (TPSA) is 97.7 Å². The average molecular weight is 546 g/mol. The summed E-state index contributed by atoms with van der Waals surface area (Å²) in [6.45, 7) is 5.01. The Kier molecular flexibility index (Phi) is 9.22. The summed E-state index contributed by atoms with van der Waals surface area (Å²) < 4.78 is 29.4. The van der Waals surface area contributed by atoms with Gasteiger partial charge in [0.25, 0.3) is 0 Å². The number of carbonyl (C=O) groups is 3. The van der Waals surface area contributed by atoms with Crippen LogP contribution in [0.5, 0.6) is 0 Å². The highest BCUT2D eigenvalue weighted by Gasteiger charge is 2.42. The second kappa shape index (κ2) is 12.6. The third-order valence-electron chi connectivity index (χ3n) is 6.65. The summed E-state index contributed by atoms with van der Waals surface area (Å²) in [5, 5.41) is 2.48. The number of esters is 2. The van der Waals surface area contributed by atoms with Crippen molar-refractivity contribution in [2.45, 2.75) is 39.2 Å². The van der Waals surface area contributed by atoms with Crippen molar-refractivity contribution in [1.82, 2.24) is 9.80 Å². The number of allylic oxidation sites excluding steroid dienone is 1. The van der Waals surface area contributed by atoms with Gasteiger partial charge in [0.05, 0.1) is 42.9 Å². The molecule has 0 aromatic heterocycles. The molecule has 2 unspecified atom stereocenters.